The van der Waals surface area contributed by atoms with Crippen LogP contribution in [0.15, 0.2) is 36.1 Å². The second kappa shape index (κ2) is 8.54. The van der Waals surface area contributed by atoms with Crippen LogP contribution in [0.4, 0.5) is 0 Å². The topological polar surface area (TPSA) is 57.4 Å². The maximum Gasteiger partial charge on any atom is 0.286 e. The molecule has 3 rings (SSSR count). The van der Waals surface area contributed by atoms with E-state index in [-0.39, 0.29) is 23.0 Å². The van der Waals surface area contributed by atoms with Crippen molar-refractivity contribution in [3.63, 3.8) is 0 Å². The Balaban J connectivity index is 1.70. The van der Waals surface area contributed by atoms with Crippen LogP contribution in [-0.2, 0) is 9.53 Å². The molecule has 1 aromatic heterocycles. The van der Waals surface area contributed by atoms with E-state index in [0.717, 1.165) is 24.1 Å². The summed E-state index contributed by atoms with van der Waals surface area (Å²) in [6.45, 7) is 13.1. The minimum Gasteiger partial charge on any atom is -0.491 e. The average molecular weight is 424 g/mol. The predicted molar refractivity (Wildman–Crippen MR) is 129 cm³/mol. The van der Waals surface area contributed by atoms with E-state index in [2.05, 4.69) is 82.0 Å². The third-order valence-electron chi connectivity index (χ3n) is 6.87. The number of aromatic amines is 1. The predicted octanol–water partition coefficient (Wildman–Crippen LogP) is 5.10. The maximum absolute atomic E-state index is 12.8. The highest BCUT2D eigenvalue weighted by Crippen LogP contribution is 2.36. The number of hydrogen-bond donors (Lipinski definition) is 2. The molecule has 2 heterocycles. The molecule has 2 N–H and O–H groups in total. The molecule has 1 aliphatic rings. The quantitative estimate of drug-likeness (QED) is 0.400. The fourth-order valence-electron chi connectivity index (χ4n) is 4.72. The van der Waals surface area contributed by atoms with Gasteiger partial charge in [0, 0.05) is 33.7 Å². The molecule has 0 atom stereocenters. The molecule has 1 aromatic carbocycles. The molecule has 0 aliphatic carbocycles. The minimum absolute atomic E-state index is 0.0167. The molecule has 0 bridgehead atoms. The normalized spacial score (nSPS) is 19.8. The Morgan fingerprint density at radius 2 is 1.74 bits per heavy atom. The maximum atomic E-state index is 12.8. The lowest BCUT2D eigenvalue weighted by Gasteiger charge is -2.53. The molecule has 0 unspecified atom stereocenters. The molecule has 31 heavy (non-hydrogen) atoms. The van der Waals surface area contributed by atoms with Crippen molar-refractivity contribution in [3.05, 3.63) is 52.9 Å². The van der Waals surface area contributed by atoms with E-state index in [0.29, 0.717) is 5.76 Å². The Morgan fingerprint density at radius 1 is 1.13 bits per heavy atom. The monoisotopic (exact) mass is 423 g/mol. The van der Waals surface area contributed by atoms with Crippen molar-refractivity contribution < 1.29 is 9.53 Å². The van der Waals surface area contributed by atoms with Gasteiger partial charge in [-0.25, -0.2) is 0 Å². The molecule has 1 aliphatic heterocycles. The molecule has 0 radical (unpaired) electrons. The van der Waals surface area contributed by atoms with Crippen LogP contribution in [0.5, 0.6) is 0 Å². The molecular formula is C26H37N3O2. The highest BCUT2D eigenvalue weighted by atomic mass is 16.5. The van der Waals surface area contributed by atoms with E-state index >= 15 is 0 Å². The summed E-state index contributed by atoms with van der Waals surface area (Å²) in [5, 5.41) is 4.37. The number of ether oxygens (including phenoxy) is 1. The summed E-state index contributed by atoms with van der Waals surface area (Å²) < 4.78 is 5.38. The van der Waals surface area contributed by atoms with Crippen LogP contribution < -0.4 is 5.32 Å². The first kappa shape index (κ1) is 23.1. The molecule has 5 nitrogen and oxygen atoms in total. The number of carbonyl (C=O) groups excluding carboxylic acids is 1. The Morgan fingerprint density at radius 3 is 2.35 bits per heavy atom. The van der Waals surface area contributed by atoms with Gasteiger partial charge in [0.25, 0.3) is 5.91 Å². The van der Waals surface area contributed by atoms with Crippen LogP contribution >= 0.6 is 0 Å². The second-order valence-electron chi connectivity index (χ2n) is 10.1. The highest BCUT2D eigenvalue weighted by molar-refractivity contribution is 5.92. The zero-order valence-electron chi connectivity index (χ0n) is 20.2. The lowest BCUT2D eigenvalue weighted by molar-refractivity contribution is -0.122. The molecule has 5 heteroatoms. The van der Waals surface area contributed by atoms with E-state index in [4.69, 9.17) is 4.74 Å². The third-order valence-corrected chi connectivity index (χ3v) is 6.87. The summed E-state index contributed by atoms with van der Waals surface area (Å²) in [6.07, 6.45) is 7.34. The van der Waals surface area contributed by atoms with Crippen molar-refractivity contribution >= 4 is 22.9 Å². The number of benzene rings is 1. The lowest BCUT2D eigenvalue weighted by atomic mass is 9.77. The first-order valence-electron chi connectivity index (χ1n) is 11.0. The number of nitrogens with one attached hydrogen (secondary N) is 2. The van der Waals surface area contributed by atoms with Crippen LogP contribution in [-0.4, -0.2) is 47.1 Å². The van der Waals surface area contributed by atoms with Crippen LogP contribution in [0.25, 0.3) is 17.0 Å². The minimum atomic E-state index is -0.170. The molecular weight excluding hydrogens is 386 g/mol. The van der Waals surface area contributed by atoms with Crippen molar-refractivity contribution in [3.8, 4) is 0 Å². The van der Waals surface area contributed by atoms with Crippen LogP contribution in [0.1, 0.15) is 57.4 Å². The Kier molecular flexibility index (Phi) is 6.38. The van der Waals surface area contributed by atoms with Gasteiger partial charge >= 0.3 is 0 Å². The number of aryl methyl sites for hydroxylation is 2. The number of aromatic nitrogens is 1. The number of likely N-dealkylation sites (tertiary alicyclic amines) is 1. The van der Waals surface area contributed by atoms with Gasteiger partial charge in [0.2, 0.25) is 0 Å². The van der Waals surface area contributed by atoms with Gasteiger partial charge < -0.3 is 15.0 Å². The number of hydrogen-bond acceptors (Lipinski definition) is 3. The molecule has 0 spiro atoms. The Hall–Kier alpha value is -2.53. The van der Waals surface area contributed by atoms with Crippen molar-refractivity contribution in [2.45, 2.75) is 71.5 Å². The SMILES string of the molecule is COC(=CC=Cc1cc2cc(C)c(C)cc2[nH]1)C(=O)NC1CC(C)(C)N(C)C(C)(C)C1. The number of fused-ring (bicyclic) bond motifs is 1. The summed E-state index contributed by atoms with van der Waals surface area (Å²) in [7, 11) is 3.70. The first-order valence-corrected chi connectivity index (χ1v) is 11.0. The molecule has 0 saturated carbocycles. The lowest BCUT2D eigenvalue weighted by Crippen LogP contribution is -2.62. The fraction of sp³-hybridized carbons (Fsp3) is 0.500. The van der Waals surface area contributed by atoms with Gasteiger partial charge in [0.15, 0.2) is 5.76 Å². The number of carbonyl (C=O) groups is 1. The molecule has 168 valence electrons. The largest absolute Gasteiger partial charge is 0.491 e. The van der Waals surface area contributed by atoms with E-state index in [1.54, 1.807) is 6.08 Å². The third kappa shape index (κ3) is 5.04. The number of methoxy groups -OCH3 is 1. The summed E-state index contributed by atoms with van der Waals surface area (Å²) >= 11 is 0. The molecule has 1 saturated heterocycles. The number of piperidine rings is 1. The fourth-order valence-corrected chi connectivity index (χ4v) is 4.72. The summed E-state index contributed by atoms with van der Waals surface area (Å²) in [6, 6.07) is 6.57. The second-order valence-corrected chi connectivity index (χ2v) is 10.1. The zero-order valence-corrected chi connectivity index (χ0v) is 20.2. The number of rotatable bonds is 5. The zero-order chi connectivity index (χ0) is 23.0. The number of nitrogens with zero attached hydrogens (tertiary/aromatic N) is 1. The van der Waals surface area contributed by atoms with E-state index in [1.165, 1.54) is 23.6 Å². The van der Waals surface area contributed by atoms with Gasteiger partial charge in [0.05, 0.1) is 7.11 Å². The van der Waals surface area contributed by atoms with Gasteiger partial charge in [-0.2, -0.15) is 0 Å². The average Bonchev–Trinajstić information content (AvgIpc) is 3.04. The van der Waals surface area contributed by atoms with Crippen molar-refractivity contribution in [2.24, 2.45) is 0 Å². The van der Waals surface area contributed by atoms with Crippen molar-refractivity contribution in [1.29, 1.82) is 0 Å². The Bertz CT molecular complexity index is 970. The van der Waals surface area contributed by atoms with Gasteiger partial charge in [-0.3, -0.25) is 9.69 Å². The standard InChI is InChI=1S/C26H37N3O2/c1-17-12-19-14-20(27-22(19)13-18(17)2)10-9-11-23(31-8)24(30)28-21-15-25(3,4)29(7)26(5,6)16-21/h9-14,21,27H,15-16H2,1-8H3,(H,28,30). The number of allylic oxidation sites excluding steroid dienone is 2. The molecule has 1 amide bonds. The van der Waals surface area contributed by atoms with E-state index < -0.39 is 0 Å². The van der Waals surface area contributed by atoms with Crippen LogP contribution in [0, 0.1) is 13.8 Å². The van der Waals surface area contributed by atoms with Gasteiger partial charge in [-0.05, 0) is 103 Å². The highest BCUT2D eigenvalue weighted by Gasteiger charge is 2.43. The van der Waals surface area contributed by atoms with E-state index in [9.17, 15) is 4.79 Å². The van der Waals surface area contributed by atoms with Crippen LogP contribution in [0.2, 0.25) is 0 Å². The van der Waals surface area contributed by atoms with Gasteiger partial charge in [-0.1, -0.05) is 6.08 Å². The molecule has 1 fully saturated rings. The number of H-pyrrole nitrogens is 1. The summed E-state index contributed by atoms with van der Waals surface area (Å²) in [4.78, 5) is 18.7. The van der Waals surface area contributed by atoms with Crippen molar-refractivity contribution in [2.75, 3.05) is 14.2 Å². The van der Waals surface area contributed by atoms with Crippen molar-refractivity contribution in [1.82, 2.24) is 15.2 Å². The molecule has 2 aromatic rings. The summed E-state index contributed by atoms with van der Waals surface area (Å²) in [5.41, 5.74) is 4.69. The first-order chi connectivity index (χ1) is 14.4. The smallest absolute Gasteiger partial charge is 0.286 e. The number of amides is 1. The van der Waals surface area contributed by atoms with Gasteiger partial charge in [0.1, 0.15) is 0 Å². The Labute approximate surface area is 186 Å². The van der Waals surface area contributed by atoms with Crippen LogP contribution in [0.3, 0.4) is 0 Å². The summed E-state index contributed by atoms with van der Waals surface area (Å²) in [5.74, 6) is 0.143. The van der Waals surface area contributed by atoms with Gasteiger partial charge in [-0.15, -0.1) is 0 Å². The van der Waals surface area contributed by atoms with E-state index in [1.807, 2.05) is 12.2 Å².